The highest BCUT2D eigenvalue weighted by Gasteiger charge is 2.42. The lowest BCUT2D eigenvalue weighted by molar-refractivity contribution is -0.138. The van der Waals surface area contributed by atoms with Crippen LogP contribution in [0.2, 0.25) is 0 Å². The number of nitrogens with zero attached hydrogens (tertiary/aromatic N) is 2. The number of aliphatic hydroxyl groups is 1. The summed E-state index contributed by atoms with van der Waals surface area (Å²) in [4.78, 5) is 15.7. The second kappa shape index (κ2) is 7.30. The molecule has 1 N–H and O–H groups in total. The van der Waals surface area contributed by atoms with Crippen LogP contribution in [0.4, 0.5) is 4.39 Å². The van der Waals surface area contributed by atoms with Crippen molar-refractivity contribution < 1.29 is 19.0 Å². The maximum Gasteiger partial charge on any atom is 0.219 e. The van der Waals surface area contributed by atoms with Crippen LogP contribution in [-0.4, -0.2) is 60.2 Å². The fourth-order valence-electron chi connectivity index (χ4n) is 4.25. The Hall–Kier alpha value is -1.66. The Balaban J connectivity index is 1.65. The van der Waals surface area contributed by atoms with Crippen LogP contribution in [0.5, 0.6) is 5.75 Å². The average Bonchev–Trinajstić information content (AvgIpc) is 2.58. The van der Waals surface area contributed by atoms with Crippen molar-refractivity contribution >= 4 is 5.91 Å². The van der Waals surface area contributed by atoms with E-state index in [4.69, 9.17) is 4.74 Å². The average molecular weight is 350 g/mol. The highest BCUT2D eigenvalue weighted by atomic mass is 19.1. The van der Waals surface area contributed by atoms with Crippen molar-refractivity contribution in [2.45, 2.75) is 38.8 Å². The van der Waals surface area contributed by atoms with Gasteiger partial charge in [-0.3, -0.25) is 9.69 Å². The summed E-state index contributed by atoms with van der Waals surface area (Å²) in [5.74, 6) is 0.364. The molecule has 3 rings (SSSR count). The molecular weight excluding hydrogens is 323 g/mol. The standard InChI is InChI=1S/C19H27FN2O3/c1-14(23)22-11-15(24)10-19(13-22)6-8-21(9-7-19)12-16-17(20)4-3-5-18(16)25-2/h3-5,15,24H,6-13H2,1-2H3. The lowest BCUT2D eigenvalue weighted by atomic mass is 9.71. The Kier molecular flexibility index (Phi) is 5.29. The van der Waals surface area contributed by atoms with Crippen LogP contribution >= 0.6 is 0 Å². The monoisotopic (exact) mass is 350 g/mol. The first-order chi connectivity index (χ1) is 11.9. The first kappa shape index (κ1) is 18.1. The third-order valence-corrected chi connectivity index (χ3v) is 5.67. The highest BCUT2D eigenvalue weighted by molar-refractivity contribution is 5.73. The lowest BCUT2D eigenvalue weighted by Gasteiger charge is -2.49. The highest BCUT2D eigenvalue weighted by Crippen LogP contribution is 2.40. The smallest absolute Gasteiger partial charge is 0.219 e. The molecule has 2 aliphatic rings. The van der Waals surface area contributed by atoms with Gasteiger partial charge < -0.3 is 14.7 Å². The molecule has 5 nitrogen and oxygen atoms in total. The summed E-state index contributed by atoms with van der Waals surface area (Å²) in [7, 11) is 1.56. The van der Waals surface area contributed by atoms with E-state index in [9.17, 15) is 14.3 Å². The summed E-state index contributed by atoms with van der Waals surface area (Å²) in [6, 6.07) is 4.90. The van der Waals surface area contributed by atoms with E-state index in [1.807, 2.05) is 0 Å². The van der Waals surface area contributed by atoms with Gasteiger partial charge >= 0.3 is 0 Å². The minimum atomic E-state index is -0.448. The lowest BCUT2D eigenvalue weighted by Crippen LogP contribution is -2.54. The quantitative estimate of drug-likeness (QED) is 0.906. The number of aliphatic hydroxyl groups excluding tert-OH is 1. The number of amides is 1. The molecule has 1 unspecified atom stereocenters. The summed E-state index contributed by atoms with van der Waals surface area (Å²) in [5.41, 5.74) is 0.578. The first-order valence-corrected chi connectivity index (χ1v) is 8.90. The van der Waals surface area contributed by atoms with Gasteiger partial charge in [0.25, 0.3) is 0 Å². The van der Waals surface area contributed by atoms with Crippen LogP contribution in [0.15, 0.2) is 18.2 Å². The molecule has 1 atom stereocenters. The second-order valence-corrected chi connectivity index (χ2v) is 7.45. The summed E-state index contributed by atoms with van der Waals surface area (Å²) in [5, 5.41) is 10.2. The summed E-state index contributed by atoms with van der Waals surface area (Å²) in [6.45, 7) is 4.89. The van der Waals surface area contributed by atoms with Crippen LogP contribution in [0.3, 0.4) is 0 Å². The topological polar surface area (TPSA) is 53.0 Å². The molecular formula is C19H27FN2O3. The molecule has 0 saturated carbocycles. The molecule has 25 heavy (non-hydrogen) atoms. The summed E-state index contributed by atoms with van der Waals surface area (Å²) < 4.78 is 19.4. The van der Waals surface area contributed by atoms with E-state index in [1.54, 1.807) is 31.1 Å². The van der Waals surface area contributed by atoms with Gasteiger partial charge in [0.2, 0.25) is 5.91 Å². The Morgan fingerprint density at radius 3 is 2.76 bits per heavy atom. The normalized spacial score (nSPS) is 23.7. The number of carbonyl (C=O) groups is 1. The van der Waals surface area contributed by atoms with Gasteiger partial charge in [-0.2, -0.15) is 0 Å². The number of ether oxygens (including phenoxy) is 1. The third kappa shape index (κ3) is 3.96. The summed E-state index contributed by atoms with van der Waals surface area (Å²) >= 11 is 0. The van der Waals surface area contributed by atoms with Crippen LogP contribution in [0, 0.1) is 11.2 Å². The fraction of sp³-hybridized carbons (Fsp3) is 0.632. The predicted molar refractivity (Wildman–Crippen MR) is 92.8 cm³/mol. The third-order valence-electron chi connectivity index (χ3n) is 5.67. The molecule has 0 aromatic heterocycles. The van der Waals surface area contributed by atoms with Crippen molar-refractivity contribution in [1.82, 2.24) is 9.80 Å². The zero-order chi connectivity index (χ0) is 18.0. The largest absolute Gasteiger partial charge is 0.496 e. The molecule has 2 aliphatic heterocycles. The van der Waals surface area contributed by atoms with Crippen molar-refractivity contribution in [1.29, 1.82) is 0 Å². The zero-order valence-corrected chi connectivity index (χ0v) is 15.0. The molecule has 1 aromatic carbocycles. The van der Waals surface area contributed by atoms with Gasteiger partial charge in [0.1, 0.15) is 11.6 Å². The molecule has 0 bridgehead atoms. The Bertz CT molecular complexity index is 629. The number of likely N-dealkylation sites (tertiary alicyclic amines) is 2. The van der Waals surface area contributed by atoms with Gasteiger partial charge in [0.15, 0.2) is 0 Å². The van der Waals surface area contributed by atoms with Crippen LogP contribution in [0.25, 0.3) is 0 Å². The SMILES string of the molecule is COc1cccc(F)c1CN1CCC2(CC1)CC(O)CN(C(C)=O)C2. The number of β-amino-alcohol motifs (C(OH)–C–C–N with tert-alkyl or cyclic N) is 1. The van der Waals surface area contributed by atoms with Gasteiger partial charge in [-0.05, 0) is 49.9 Å². The van der Waals surface area contributed by atoms with Crippen molar-refractivity contribution in [2.24, 2.45) is 5.41 Å². The number of methoxy groups -OCH3 is 1. The molecule has 1 amide bonds. The molecule has 2 heterocycles. The zero-order valence-electron chi connectivity index (χ0n) is 15.0. The van der Waals surface area contributed by atoms with E-state index in [-0.39, 0.29) is 17.1 Å². The van der Waals surface area contributed by atoms with Gasteiger partial charge in [0.05, 0.1) is 13.2 Å². The molecule has 6 heteroatoms. The Morgan fingerprint density at radius 2 is 2.12 bits per heavy atom. The maximum atomic E-state index is 14.1. The van der Waals surface area contributed by atoms with E-state index in [2.05, 4.69) is 4.90 Å². The van der Waals surface area contributed by atoms with E-state index < -0.39 is 6.10 Å². The van der Waals surface area contributed by atoms with Crippen molar-refractivity contribution in [2.75, 3.05) is 33.3 Å². The fourth-order valence-corrected chi connectivity index (χ4v) is 4.25. The molecule has 2 fully saturated rings. The number of piperidine rings is 2. The molecule has 0 aliphatic carbocycles. The van der Waals surface area contributed by atoms with Gasteiger partial charge in [-0.25, -0.2) is 4.39 Å². The van der Waals surface area contributed by atoms with E-state index in [1.165, 1.54) is 6.07 Å². The van der Waals surface area contributed by atoms with Crippen LogP contribution in [-0.2, 0) is 11.3 Å². The van der Waals surface area contributed by atoms with E-state index in [0.717, 1.165) is 38.9 Å². The summed E-state index contributed by atoms with van der Waals surface area (Å²) in [6.07, 6.45) is 2.11. The molecule has 1 aromatic rings. The molecule has 138 valence electrons. The van der Waals surface area contributed by atoms with Crippen LogP contribution < -0.4 is 4.74 Å². The van der Waals surface area contributed by atoms with Gasteiger partial charge in [0, 0.05) is 32.1 Å². The number of halogens is 1. The van der Waals surface area contributed by atoms with Crippen molar-refractivity contribution in [3.05, 3.63) is 29.6 Å². The van der Waals surface area contributed by atoms with Gasteiger partial charge in [-0.15, -0.1) is 0 Å². The first-order valence-electron chi connectivity index (χ1n) is 8.90. The number of benzene rings is 1. The number of carbonyl (C=O) groups excluding carboxylic acids is 1. The van der Waals surface area contributed by atoms with Crippen LogP contribution in [0.1, 0.15) is 31.7 Å². The number of hydrogen-bond donors (Lipinski definition) is 1. The minimum absolute atomic E-state index is 0.0147. The van der Waals surface area contributed by atoms with Gasteiger partial charge in [-0.1, -0.05) is 6.07 Å². The molecule has 2 saturated heterocycles. The van der Waals surface area contributed by atoms with Crippen molar-refractivity contribution in [3.8, 4) is 5.75 Å². The second-order valence-electron chi connectivity index (χ2n) is 7.45. The van der Waals surface area contributed by atoms with Crippen molar-refractivity contribution in [3.63, 3.8) is 0 Å². The molecule has 0 radical (unpaired) electrons. The maximum absolute atomic E-state index is 14.1. The molecule has 1 spiro atoms. The Morgan fingerprint density at radius 1 is 1.40 bits per heavy atom. The Labute approximate surface area is 148 Å². The minimum Gasteiger partial charge on any atom is -0.496 e. The van der Waals surface area contributed by atoms with E-state index in [0.29, 0.717) is 24.4 Å². The van der Waals surface area contributed by atoms with E-state index >= 15 is 0 Å². The predicted octanol–water partition coefficient (Wildman–Crippen LogP) is 2.03. The number of rotatable bonds is 3. The number of hydrogen-bond acceptors (Lipinski definition) is 4.